The number of benzene rings is 4. The quantitative estimate of drug-likeness (QED) is 0.298. The molecule has 154 valence electrons. The van der Waals surface area contributed by atoms with Gasteiger partial charge < -0.3 is 0 Å². The zero-order chi connectivity index (χ0) is 21.8. The number of hydrogen-bond acceptors (Lipinski definition) is 1. The van der Waals surface area contributed by atoms with Crippen molar-refractivity contribution in [2.24, 2.45) is 0 Å². The average molecular weight is 435 g/mol. The van der Waals surface area contributed by atoms with E-state index in [0.717, 1.165) is 0 Å². The van der Waals surface area contributed by atoms with Crippen LogP contribution in [0, 0.1) is 17.5 Å². The van der Waals surface area contributed by atoms with E-state index in [1.165, 1.54) is 54.6 Å². The summed E-state index contributed by atoms with van der Waals surface area (Å²) in [5.41, 5.74) is 0.413. The number of ketones is 1. The van der Waals surface area contributed by atoms with E-state index in [1.54, 1.807) is 48.5 Å². The van der Waals surface area contributed by atoms with Crippen molar-refractivity contribution in [1.82, 2.24) is 0 Å². The summed E-state index contributed by atoms with van der Waals surface area (Å²) in [6.45, 7) is 0. The monoisotopic (exact) mass is 435 g/mol. The van der Waals surface area contributed by atoms with Gasteiger partial charge >= 0.3 is 0 Å². The molecule has 0 fully saturated rings. The SMILES string of the molecule is O=C(C[P+](c1ccccc1F)(c1ccccc1F)c1ccccc1F)c1ccccc1. The summed E-state index contributed by atoms with van der Waals surface area (Å²) in [5, 5.41) is 0.443. The van der Waals surface area contributed by atoms with Crippen molar-refractivity contribution >= 4 is 29.0 Å². The summed E-state index contributed by atoms with van der Waals surface area (Å²) in [7, 11) is -3.36. The molecule has 0 aliphatic carbocycles. The van der Waals surface area contributed by atoms with E-state index in [1.807, 2.05) is 0 Å². The van der Waals surface area contributed by atoms with Gasteiger partial charge in [-0.25, -0.2) is 13.2 Å². The van der Waals surface area contributed by atoms with Crippen molar-refractivity contribution in [3.05, 3.63) is 126 Å². The predicted octanol–water partition coefficient (Wildman–Crippen LogP) is 5.28. The fraction of sp³-hybridized carbons (Fsp3) is 0.0385. The minimum absolute atomic E-state index is 0.148. The maximum Gasteiger partial charge on any atom is 0.201 e. The van der Waals surface area contributed by atoms with Gasteiger partial charge in [-0.2, -0.15) is 0 Å². The molecule has 0 atom stereocenters. The number of carbonyl (C=O) groups is 1. The third kappa shape index (κ3) is 3.92. The van der Waals surface area contributed by atoms with E-state index < -0.39 is 24.7 Å². The smallest absolute Gasteiger partial charge is 0.201 e. The third-order valence-corrected chi connectivity index (χ3v) is 9.58. The highest BCUT2D eigenvalue weighted by atomic mass is 31.2. The number of hydrogen-bond donors (Lipinski definition) is 0. The summed E-state index contributed by atoms with van der Waals surface area (Å²) in [6, 6.07) is 26.4. The van der Waals surface area contributed by atoms with Gasteiger partial charge in [0.05, 0.1) is 0 Å². The van der Waals surface area contributed by atoms with Crippen LogP contribution in [0.3, 0.4) is 0 Å². The van der Waals surface area contributed by atoms with Crippen LogP contribution in [0.2, 0.25) is 0 Å². The molecule has 4 aromatic rings. The lowest BCUT2D eigenvalue weighted by atomic mass is 10.2. The zero-order valence-electron chi connectivity index (χ0n) is 16.5. The molecule has 0 aliphatic heterocycles. The Morgan fingerprint density at radius 1 is 0.548 bits per heavy atom. The molecule has 1 nitrogen and oxygen atoms in total. The lowest BCUT2D eigenvalue weighted by molar-refractivity contribution is 0.102. The summed E-state index contributed by atoms with van der Waals surface area (Å²) >= 11 is 0. The lowest BCUT2D eigenvalue weighted by Gasteiger charge is -2.27. The fourth-order valence-electron chi connectivity index (χ4n) is 3.86. The van der Waals surface area contributed by atoms with Crippen molar-refractivity contribution in [3.8, 4) is 0 Å². The highest BCUT2D eigenvalue weighted by Gasteiger charge is 2.52. The van der Waals surface area contributed by atoms with Gasteiger partial charge in [0, 0.05) is 5.56 Å². The van der Waals surface area contributed by atoms with Crippen LogP contribution >= 0.6 is 7.26 Å². The second-order valence-corrected chi connectivity index (χ2v) is 10.5. The fourth-order valence-corrected chi connectivity index (χ4v) is 8.10. The number of Topliss-reactive ketones (excluding diaryl/α,β-unsaturated/α-hetero) is 1. The molecule has 0 aliphatic rings. The molecule has 0 heterocycles. The maximum atomic E-state index is 15.2. The van der Waals surface area contributed by atoms with Crippen LogP contribution in [-0.2, 0) is 0 Å². The van der Waals surface area contributed by atoms with Gasteiger partial charge in [0.25, 0.3) is 0 Å². The van der Waals surface area contributed by atoms with Crippen molar-refractivity contribution < 1.29 is 18.0 Å². The van der Waals surface area contributed by atoms with Gasteiger partial charge in [-0.05, 0) is 36.4 Å². The largest absolute Gasteiger partial charge is 0.290 e. The Balaban J connectivity index is 2.07. The molecular formula is C26H19F3OP+. The molecular weight excluding hydrogens is 416 g/mol. The number of carbonyl (C=O) groups excluding carboxylic acids is 1. The predicted molar refractivity (Wildman–Crippen MR) is 121 cm³/mol. The van der Waals surface area contributed by atoms with Crippen molar-refractivity contribution in [2.75, 3.05) is 6.16 Å². The molecule has 0 saturated carbocycles. The minimum Gasteiger partial charge on any atom is -0.290 e. The van der Waals surface area contributed by atoms with Gasteiger partial charge in [-0.15, -0.1) is 0 Å². The molecule has 0 N–H and O–H groups in total. The van der Waals surface area contributed by atoms with Gasteiger partial charge in [0.2, 0.25) is 5.78 Å². The van der Waals surface area contributed by atoms with Crippen LogP contribution < -0.4 is 15.9 Å². The zero-order valence-corrected chi connectivity index (χ0v) is 17.4. The minimum atomic E-state index is -3.36. The van der Waals surface area contributed by atoms with E-state index in [2.05, 4.69) is 0 Å². The van der Waals surface area contributed by atoms with Crippen LogP contribution in [-0.4, -0.2) is 11.9 Å². The number of rotatable bonds is 6. The molecule has 0 amide bonds. The van der Waals surface area contributed by atoms with Crippen molar-refractivity contribution in [3.63, 3.8) is 0 Å². The molecule has 4 aromatic carbocycles. The van der Waals surface area contributed by atoms with Gasteiger partial charge in [-0.1, -0.05) is 66.7 Å². The standard InChI is InChI=1S/C26H19F3OP/c27-20-12-4-7-15-24(20)31(25-16-8-5-13-21(25)28,26-17-9-6-14-22(26)29)18-23(30)19-10-2-1-3-11-19/h1-17H,18H2/q+1. The average Bonchev–Trinajstić information content (AvgIpc) is 2.79. The molecule has 5 heteroatoms. The first-order valence-corrected chi connectivity index (χ1v) is 11.7. The van der Waals surface area contributed by atoms with Crippen molar-refractivity contribution in [1.29, 1.82) is 0 Å². The van der Waals surface area contributed by atoms with E-state index >= 15 is 13.2 Å². The second-order valence-electron chi connectivity index (χ2n) is 7.11. The normalized spacial score (nSPS) is 11.3. The Hall–Kier alpha value is -3.23. The Labute approximate surface area is 179 Å². The molecule has 0 saturated heterocycles. The third-order valence-electron chi connectivity index (χ3n) is 5.27. The Kier molecular flexibility index (Phi) is 6.01. The highest BCUT2D eigenvalue weighted by Crippen LogP contribution is 2.57. The first-order valence-electron chi connectivity index (χ1n) is 9.75. The lowest BCUT2D eigenvalue weighted by Crippen LogP contribution is -2.39. The van der Waals surface area contributed by atoms with Crippen molar-refractivity contribution in [2.45, 2.75) is 0 Å². The van der Waals surface area contributed by atoms with Crippen LogP contribution in [0.5, 0.6) is 0 Å². The van der Waals surface area contributed by atoms with E-state index in [9.17, 15) is 4.79 Å². The molecule has 0 unspecified atom stereocenters. The Bertz CT molecular complexity index is 1110. The Morgan fingerprint density at radius 2 is 0.903 bits per heavy atom. The summed E-state index contributed by atoms with van der Waals surface area (Å²) in [6.07, 6.45) is -0.236. The summed E-state index contributed by atoms with van der Waals surface area (Å²) in [4.78, 5) is 13.4. The molecule has 31 heavy (non-hydrogen) atoms. The summed E-state index contributed by atoms with van der Waals surface area (Å²) in [5.74, 6) is -2.08. The maximum absolute atomic E-state index is 15.2. The van der Waals surface area contributed by atoms with E-state index in [4.69, 9.17) is 0 Å². The van der Waals surface area contributed by atoms with Crippen LogP contribution in [0.4, 0.5) is 13.2 Å². The molecule has 0 radical (unpaired) electrons. The highest BCUT2D eigenvalue weighted by molar-refractivity contribution is 7.96. The molecule has 0 aromatic heterocycles. The van der Waals surface area contributed by atoms with Crippen LogP contribution in [0.15, 0.2) is 103 Å². The van der Waals surface area contributed by atoms with Gasteiger partial charge in [0.15, 0.2) is 17.5 Å². The van der Waals surface area contributed by atoms with Crippen LogP contribution in [0.1, 0.15) is 10.4 Å². The van der Waals surface area contributed by atoms with Gasteiger partial charge in [-0.3, -0.25) is 4.79 Å². The van der Waals surface area contributed by atoms with E-state index in [0.29, 0.717) is 5.56 Å². The first-order chi connectivity index (χ1) is 15.0. The Morgan fingerprint density at radius 3 is 1.29 bits per heavy atom. The summed E-state index contributed by atoms with van der Waals surface area (Å²) < 4.78 is 45.7. The molecule has 0 bridgehead atoms. The molecule has 4 rings (SSSR count). The first kappa shape index (κ1) is 21.0. The van der Waals surface area contributed by atoms with Crippen LogP contribution in [0.25, 0.3) is 0 Å². The van der Waals surface area contributed by atoms with Gasteiger partial charge in [0.1, 0.15) is 29.3 Å². The second kappa shape index (κ2) is 8.87. The van der Waals surface area contributed by atoms with E-state index in [-0.39, 0.29) is 27.9 Å². The molecule has 0 spiro atoms. The topological polar surface area (TPSA) is 17.1 Å². The number of halogens is 3.